The zero-order valence-electron chi connectivity index (χ0n) is 14.3. The minimum Gasteiger partial charge on any atom is -0.375 e. The van der Waals surface area contributed by atoms with Crippen molar-refractivity contribution in [1.29, 1.82) is 0 Å². The van der Waals surface area contributed by atoms with Gasteiger partial charge in [-0.15, -0.1) is 0 Å². The van der Waals surface area contributed by atoms with Crippen molar-refractivity contribution in [2.45, 2.75) is 38.6 Å². The summed E-state index contributed by atoms with van der Waals surface area (Å²) >= 11 is 1.53. The molecular formula is C20H22N4S. The van der Waals surface area contributed by atoms with Gasteiger partial charge in [-0.05, 0) is 43.0 Å². The van der Waals surface area contributed by atoms with Crippen LogP contribution in [0.3, 0.4) is 0 Å². The lowest BCUT2D eigenvalue weighted by atomic mass is 10.0. The molecule has 0 aliphatic heterocycles. The second kappa shape index (κ2) is 6.84. The summed E-state index contributed by atoms with van der Waals surface area (Å²) < 4.78 is 0. The van der Waals surface area contributed by atoms with Gasteiger partial charge in [0.15, 0.2) is 5.13 Å². The average molecular weight is 350 g/mol. The number of aromatic nitrogens is 2. The number of nitrogens with one attached hydrogen (secondary N) is 1. The Morgan fingerprint density at radius 3 is 2.76 bits per heavy atom. The molecule has 2 heterocycles. The van der Waals surface area contributed by atoms with E-state index in [0.717, 1.165) is 27.5 Å². The van der Waals surface area contributed by atoms with Gasteiger partial charge in [0.1, 0.15) is 5.82 Å². The predicted molar refractivity (Wildman–Crippen MR) is 106 cm³/mol. The molecule has 128 valence electrons. The van der Waals surface area contributed by atoms with E-state index in [0.29, 0.717) is 11.2 Å². The van der Waals surface area contributed by atoms with Gasteiger partial charge in [0.05, 0.1) is 10.6 Å². The van der Waals surface area contributed by atoms with Crippen LogP contribution < -0.4 is 11.1 Å². The van der Waals surface area contributed by atoms with Gasteiger partial charge in [-0.25, -0.2) is 9.97 Å². The molecule has 0 bridgehead atoms. The number of thiazole rings is 1. The molecule has 0 spiro atoms. The second-order valence-corrected chi connectivity index (χ2v) is 7.63. The predicted octanol–water partition coefficient (Wildman–Crippen LogP) is 5.12. The minimum atomic E-state index is 0.546. The molecule has 4 nitrogen and oxygen atoms in total. The summed E-state index contributed by atoms with van der Waals surface area (Å²) in [6, 6.07) is 13.0. The van der Waals surface area contributed by atoms with Crippen LogP contribution in [0.4, 0.5) is 10.9 Å². The number of aryl methyl sites for hydroxylation is 1. The molecule has 1 aromatic carbocycles. The van der Waals surface area contributed by atoms with Crippen LogP contribution in [-0.2, 0) is 0 Å². The third-order valence-corrected chi connectivity index (χ3v) is 5.71. The Hall–Kier alpha value is -2.40. The molecule has 1 fully saturated rings. The number of hydrogen-bond donors (Lipinski definition) is 2. The van der Waals surface area contributed by atoms with Crippen molar-refractivity contribution in [3.05, 3.63) is 48.2 Å². The average Bonchev–Trinajstić information content (AvgIpc) is 3.25. The summed E-state index contributed by atoms with van der Waals surface area (Å²) in [6.07, 6.45) is 6.94. The number of benzene rings is 1. The zero-order valence-corrected chi connectivity index (χ0v) is 15.1. The molecule has 0 atom stereocenters. The zero-order chi connectivity index (χ0) is 17.2. The Bertz CT molecular complexity index is 881. The van der Waals surface area contributed by atoms with E-state index < -0.39 is 0 Å². The van der Waals surface area contributed by atoms with E-state index in [1.165, 1.54) is 42.6 Å². The Morgan fingerprint density at radius 1 is 1.16 bits per heavy atom. The van der Waals surface area contributed by atoms with Crippen LogP contribution in [0.2, 0.25) is 0 Å². The van der Waals surface area contributed by atoms with E-state index in [2.05, 4.69) is 40.4 Å². The normalized spacial score (nSPS) is 14.8. The van der Waals surface area contributed by atoms with E-state index in [-0.39, 0.29) is 0 Å². The monoisotopic (exact) mass is 350 g/mol. The number of hydrogen-bond acceptors (Lipinski definition) is 5. The fraction of sp³-hybridized carbons (Fsp3) is 0.300. The molecule has 1 aliphatic rings. The molecule has 3 aromatic rings. The van der Waals surface area contributed by atoms with Gasteiger partial charge in [-0.2, -0.15) is 0 Å². The fourth-order valence-corrected chi connectivity index (χ4v) is 4.33. The van der Waals surface area contributed by atoms with Gasteiger partial charge >= 0.3 is 0 Å². The van der Waals surface area contributed by atoms with Gasteiger partial charge in [0, 0.05) is 17.8 Å². The van der Waals surface area contributed by atoms with E-state index in [1.807, 2.05) is 24.4 Å². The first-order chi connectivity index (χ1) is 12.2. The highest BCUT2D eigenvalue weighted by Gasteiger charge is 2.18. The molecule has 0 amide bonds. The summed E-state index contributed by atoms with van der Waals surface area (Å²) in [5.41, 5.74) is 10.5. The molecule has 3 N–H and O–H groups in total. The standard InChI is InChI=1S/C20H22N4S/c1-13-6-2-5-9-16(13)18-19(25-20(21)24-18)14-10-11-22-17(12-14)23-15-7-3-4-8-15/h2,5-6,9-12,15H,3-4,7-8H2,1H3,(H2,21,24)(H,22,23). The van der Waals surface area contributed by atoms with Crippen molar-refractivity contribution < 1.29 is 0 Å². The summed E-state index contributed by atoms with van der Waals surface area (Å²) in [5, 5.41) is 4.16. The maximum Gasteiger partial charge on any atom is 0.181 e. The number of anilines is 2. The number of nitrogen functional groups attached to an aromatic ring is 1. The van der Waals surface area contributed by atoms with E-state index >= 15 is 0 Å². The smallest absolute Gasteiger partial charge is 0.181 e. The van der Waals surface area contributed by atoms with Gasteiger partial charge in [0.25, 0.3) is 0 Å². The second-order valence-electron chi connectivity index (χ2n) is 6.60. The molecule has 5 heteroatoms. The quantitative estimate of drug-likeness (QED) is 0.686. The molecule has 2 aromatic heterocycles. The van der Waals surface area contributed by atoms with Gasteiger partial charge in [0.2, 0.25) is 0 Å². The molecule has 1 aliphatic carbocycles. The Balaban J connectivity index is 1.72. The lowest BCUT2D eigenvalue weighted by Gasteiger charge is -2.13. The van der Waals surface area contributed by atoms with Gasteiger partial charge in [-0.1, -0.05) is 48.4 Å². The van der Waals surface area contributed by atoms with Crippen LogP contribution in [-0.4, -0.2) is 16.0 Å². The number of rotatable bonds is 4. The minimum absolute atomic E-state index is 0.546. The summed E-state index contributed by atoms with van der Waals surface area (Å²) in [4.78, 5) is 10.2. The SMILES string of the molecule is Cc1ccccc1-c1nc(N)sc1-c1ccnc(NC2CCCC2)c1. The Labute approximate surface area is 152 Å². The lowest BCUT2D eigenvalue weighted by Crippen LogP contribution is -2.15. The Morgan fingerprint density at radius 2 is 1.96 bits per heavy atom. The maximum absolute atomic E-state index is 6.05. The summed E-state index contributed by atoms with van der Waals surface area (Å²) in [5.74, 6) is 0.937. The van der Waals surface area contributed by atoms with Crippen molar-refractivity contribution in [1.82, 2.24) is 9.97 Å². The maximum atomic E-state index is 6.05. The number of nitrogens with zero attached hydrogens (tertiary/aromatic N) is 2. The van der Waals surface area contributed by atoms with Crippen LogP contribution in [0.25, 0.3) is 21.7 Å². The third-order valence-electron chi connectivity index (χ3n) is 4.77. The van der Waals surface area contributed by atoms with Crippen LogP contribution in [0, 0.1) is 6.92 Å². The molecule has 4 rings (SSSR count). The highest BCUT2D eigenvalue weighted by molar-refractivity contribution is 7.19. The highest BCUT2D eigenvalue weighted by atomic mass is 32.1. The first-order valence-electron chi connectivity index (χ1n) is 8.76. The molecule has 0 radical (unpaired) electrons. The van der Waals surface area contributed by atoms with Crippen molar-refractivity contribution in [3.8, 4) is 21.7 Å². The number of pyridine rings is 1. The number of nitrogens with two attached hydrogens (primary N) is 1. The van der Waals surface area contributed by atoms with Gasteiger partial charge < -0.3 is 11.1 Å². The van der Waals surface area contributed by atoms with Crippen molar-refractivity contribution >= 4 is 22.3 Å². The topological polar surface area (TPSA) is 63.8 Å². The summed E-state index contributed by atoms with van der Waals surface area (Å²) in [7, 11) is 0. The highest BCUT2D eigenvalue weighted by Crippen LogP contribution is 2.39. The van der Waals surface area contributed by atoms with Crippen LogP contribution in [0.15, 0.2) is 42.6 Å². The molecular weight excluding hydrogens is 328 g/mol. The Kier molecular flexibility index (Phi) is 4.40. The first-order valence-corrected chi connectivity index (χ1v) is 9.57. The summed E-state index contributed by atoms with van der Waals surface area (Å²) in [6.45, 7) is 2.11. The molecule has 0 unspecified atom stereocenters. The molecule has 1 saturated carbocycles. The van der Waals surface area contributed by atoms with Crippen LogP contribution in [0.5, 0.6) is 0 Å². The third kappa shape index (κ3) is 3.37. The lowest BCUT2D eigenvalue weighted by molar-refractivity contribution is 0.750. The van der Waals surface area contributed by atoms with Crippen LogP contribution >= 0.6 is 11.3 Å². The van der Waals surface area contributed by atoms with Crippen LogP contribution in [0.1, 0.15) is 31.2 Å². The van der Waals surface area contributed by atoms with E-state index in [1.54, 1.807) is 0 Å². The largest absolute Gasteiger partial charge is 0.375 e. The first kappa shape index (κ1) is 16.1. The fourth-order valence-electron chi connectivity index (χ4n) is 3.48. The van der Waals surface area contributed by atoms with E-state index in [9.17, 15) is 0 Å². The van der Waals surface area contributed by atoms with Gasteiger partial charge in [-0.3, -0.25) is 0 Å². The van der Waals surface area contributed by atoms with Crippen molar-refractivity contribution in [2.75, 3.05) is 11.1 Å². The molecule has 25 heavy (non-hydrogen) atoms. The molecule has 0 saturated heterocycles. The van der Waals surface area contributed by atoms with E-state index in [4.69, 9.17) is 5.73 Å². The van der Waals surface area contributed by atoms with Crippen molar-refractivity contribution in [2.24, 2.45) is 0 Å². The van der Waals surface area contributed by atoms with Crippen molar-refractivity contribution in [3.63, 3.8) is 0 Å².